The van der Waals surface area contributed by atoms with Crippen LogP contribution in [0.2, 0.25) is 0 Å². The van der Waals surface area contributed by atoms with Gasteiger partial charge in [-0.25, -0.2) is 0 Å². The van der Waals surface area contributed by atoms with Crippen LogP contribution < -0.4 is 16.4 Å². The maximum atomic E-state index is 11.9. The Bertz CT molecular complexity index is 778. The summed E-state index contributed by atoms with van der Waals surface area (Å²) in [5, 5.41) is 31.1. The molecule has 12 atom stereocenters. The molecule has 7 unspecified atom stereocenters. The summed E-state index contributed by atoms with van der Waals surface area (Å²) >= 11 is 0. The highest BCUT2D eigenvalue weighted by molar-refractivity contribution is 5.14. The molecule has 4 aliphatic rings. The average Bonchev–Trinajstić information content (AvgIpc) is 3.28. The van der Waals surface area contributed by atoms with Crippen LogP contribution in [-0.4, -0.2) is 54.6 Å². The molecule has 5 heteroatoms. The van der Waals surface area contributed by atoms with E-state index >= 15 is 0 Å². The lowest BCUT2D eigenvalue weighted by Crippen LogP contribution is -2.62. The van der Waals surface area contributed by atoms with Crippen LogP contribution in [0.3, 0.4) is 0 Å². The Balaban J connectivity index is 1.34. The SMILES string of the molecule is CC(C)C(C)CC[C@@H](C)C1CCC2C3C(O)C[C@H]4C[C@@H](NCCCNCCCCN)CC[C@]4(C)C3CC(O)[C@@]21C. The van der Waals surface area contributed by atoms with E-state index in [0.717, 1.165) is 63.7 Å². The molecule has 0 aromatic carbocycles. The summed E-state index contributed by atoms with van der Waals surface area (Å²) in [5.74, 6) is 4.60. The van der Waals surface area contributed by atoms with Crippen molar-refractivity contribution >= 4 is 0 Å². The zero-order chi connectivity index (χ0) is 29.1. The highest BCUT2D eigenvalue weighted by Gasteiger charge is 2.65. The molecular weight excluding hydrogens is 494 g/mol. The predicted molar refractivity (Wildman–Crippen MR) is 168 cm³/mol. The van der Waals surface area contributed by atoms with E-state index in [9.17, 15) is 10.2 Å². The fourth-order valence-electron chi connectivity index (χ4n) is 10.4. The number of fused-ring (bicyclic) bond motifs is 5. The molecule has 0 aromatic rings. The van der Waals surface area contributed by atoms with Crippen molar-refractivity contribution in [3.8, 4) is 0 Å². The third-order valence-corrected chi connectivity index (χ3v) is 13.5. The first-order valence-corrected chi connectivity index (χ1v) is 17.5. The van der Waals surface area contributed by atoms with Crippen molar-refractivity contribution in [1.29, 1.82) is 0 Å². The molecule has 4 aliphatic carbocycles. The van der Waals surface area contributed by atoms with Gasteiger partial charge < -0.3 is 26.6 Å². The lowest BCUT2D eigenvalue weighted by Gasteiger charge is -2.64. The van der Waals surface area contributed by atoms with Gasteiger partial charge >= 0.3 is 0 Å². The van der Waals surface area contributed by atoms with Gasteiger partial charge in [-0.15, -0.1) is 0 Å². The molecule has 6 N–H and O–H groups in total. The summed E-state index contributed by atoms with van der Waals surface area (Å²) in [6.45, 7) is 18.5. The van der Waals surface area contributed by atoms with E-state index in [-0.39, 0.29) is 23.0 Å². The molecule has 40 heavy (non-hydrogen) atoms. The smallest absolute Gasteiger partial charge is 0.0602 e. The number of aliphatic hydroxyl groups excluding tert-OH is 2. The van der Waals surface area contributed by atoms with Gasteiger partial charge in [0, 0.05) is 6.04 Å². The fraction of sp³-hybridized carbons (Fsp3) is 1.00. The monoisotopic (exact) mass is 562 g/mol. The topological polar surface area (TPSA) is 90.5 Å². The van der Waals surface area contributed by atoms with E-state index in [1.54, 1.807) is 0 Å². The maximum Gasteiger partial charge on any atom is 0.0602 e. The summed E-state index contributed by atoms with van der Waals surface area (Å²) in [4.78, 5) is 0. The molecule has 5 nitrogen and oxygen atoms in total. The van der Waals surface area contributed by atoms with Crippen LogP contribution in [0.5, 0.6) is 0 Å². The molecule has 4 rings (SSSR count). The van der Waals surface area contributed by atoms with E-state index in [1.807, 2.05) is 0 Å². The molecular formula is C35H67N3O2. The second-order valence-electron chi connectivity index (χ2n) is 15.9. The standard InChI is InChI=1S/C35H67N3O2/c1-23(2)24(3)10-11-25(4)28-12-13-29-33-30(22-32(40)35(28,29)6)34(5)15-14-27(20-26(34)21-31(33)39)38-19-9-18-37-17-8-7-16-36/h23-33,37-40H,7-22,36H2,1-6H3/t24?,25-,26-,27+,28?,29?,30?,31?,32?,33?,34+,35-/m1/s1. The molecule has 0 aliphatic heterocycles. The minimum Gasteiger partial charge on any atom is -0.393 e. The van der Waals surface area contributed by atoms with E-state index in [4.69, 9.17) is 5.73 Å². The van der Waals surface area contributed by atoms with Crippen LogP contribution in [0.4, 0.5) is 0 Å². The van der Waals surface area contributed by atoms with Crippen LogP contribution >= 0.6 is 0 Å². The van der Waals surface area contributed by atoms with Crippen molar-refractivity contribution in [3.05, 3.63) is 0 Å². The first kappa shape index (κ1) is 32.7. The van der Waals surface area contributed by atoms with Crippen molar-refractivity contribution in [2.75, 3.05) is 26.2 Å². The Morgan fingerprint density at radius 2 is 1.60 bits per heavy atom. The average molecular weight is 562 g/mol. The minimum atomic E-state index is -0.229. The van der Waals surface area contributed by atoms with Gasteiger partial charge in [0.15, 0.2) is 0 Å². The minimum absolute atomic E-state index is 0.0388. The maximum absolute atomic E-state index is 11.9. The Labute approximate surface area is 247 Å². The van der Waals surface area contributed by atoms with Crippen molar-refractivity contribution in [3.63, 3.8) is 0 Å². The third kappa shape index (κ3) is 6.64. The zero-order valence-corrected chi connectivity index (χ0v) is 27.1. The molecule has 0 heterocycles. The van der Waals surface area contributed by atoms with Gasteiger partial charge in [0.2, 0.25) is 0 Å². The molecule has 0 radical (unpaired) electrons. The van der Waals surface area contributed by atoms with Crippen LogP contribution in [0, 0.1) is 58.2 Å². The van der Waals surface area contributed by atoms with E-state index in [1.165, 1.54) is 51.4 Å². The Hall–Kier alpha value is -0.200. The third-order valence-electron chi connectivity index (χ3n) is 13.5. The summed E-state index contributed by atoms with van der Waals surface area (Å²) in [6, 6.07) is 0.572. The van der Waals surface area contributed by atoms with Crippen molar-refractivity contribution in [2.24, 2.45) is 63.9 Å². The lowest BCUT2D eigenvalue weighted by molar-refractivity contribution is -0.202. The number of nitrogens with two attached hydrogens (primary N) is 1. The lowest BCUT2D eigenvalue weighted by atomic mass is 9.43. The summed E-state index contributed by atoms with van der Waals surface area (Å²) in [5.41, 5.74) is 5.80. The molecule has 0 bridgehead atoms. The summed E-state index contributed by atoms with van der Waals surface area (Å²) in [7, 11) is 0. The zero-order valence-electron chi connectivity index (χ0n) is 27.1. The second-order valence-corrected chi connectivity index (χ2v) is 15.9. The van der Waals surface area contributed by atoms with Crippen molar-refractivity contribution in [1.82, 2.24) is 10.6 Å². The van der Waals surface area contributed by atoms with E-state index < -0.39 is 0 Å². The van der Waals surface area contributed by atoms with Crippen LogP contribution in [0.1, 0.15) is 119 Å². The number of unbranched alkanes of at least 4 members (excludes halogenated alkanes) is 1. The Kier molecular flexibility index (Phi) is 11.5. The highest BCUT2D eigenvalue weighted by atomic mass is 16.3. The molecule has 0 amide bonds. The molecule has 0 spiro atoms. The molecule has 0 aromatic heterocycles. The fourth-order valence-corrected chi connectivity index (χ4v) is 10.4. The summed E-state index contributed by atoms with van der Waals surface area (Å²) in [6.07, 6.45) is 13.5. The highest BCUT2D eigenvalue weighted by Crippen LogP contribution is 2.68. The Morgan fingerprint density at radius 3 is 2.33 bits per heavy atom. The number of nitrogens with one attached hydrogen (secondary N) is 2. The number of rotatable bonds is 14. The molecule has 0 saturated heterocycles. The normalized spacial score (nSPS) is 42.8. The largest absolute Gasteiger partial charge is 0.393 e. The van der Waals surface area contributed by atoms with Gasteiger partial charge in [-0.2, -0.15) is 0 Å². The van der Waals surface area contributed by atoms with Gasteiger partial charge in [-0.05, 0) is 149 Å². The number of hydrogen-bond acceptors (Lipinski definition) is 5. The van der Waals surface area contributed by atoms with Gasteiger partial charge in [-0.1, -0.05) is 54.4 Å². The Morgan fingerprint density at radius 1 is 0.850 bits per heavy atom. The molecule has 234 valence electrons. The number of hydrogen-bond donors (Lipinski definition) is 5. The first-order chi connectivity index (χ1) is 19.0. The molecule has 4 saturated carbocycles. The van der Waals surface area contributed by atoms with E-state index in [2.05, 4.69) is 52.2 Å². The van der Waals surface area contributed by atoms with Crippen LogP contribution in [-0.2, 0) is 0 Å². The first-order valence-electron chi connectivity index (χ1n) is 17.5. The van der Waals surface area contributed by atoms with Crippen LogP contribution in [0.15, 0.2) is 0 Å². The van der Waals surface area contributed by atoms with Crippen LogP contribution in [0.25, 0.3) is 0 Å². The van der Waals surface area contributed by atoms with Crippen molar-refractivity contribution < 1.29 is 10.2 Å². The van der Waals surface area contributed by atoms with Crippen molar-refractivity contribution in [2.45, 2.75) is 137 Å². The van der Waals surface area contributed by atoms with Gasteiger partial charge in [0.25, 0.3) is 0 Å². The molecule has 4 fully saturated rings. The van der Waals surface area contributed by atoms with Gasteiger partial charge in [0.1, 0.15) is 0 Å². The van der Waals surface area contributed by atoms with Gasteiger partial charge in [0.05, 0.1) is 12.2 Å². The quantitative estimate of drug-likeness (QED) is 0.169. The predicted octanol–water partition coefficient (Wildman–Crippen LogP) is 5.97. The van der Waals surface area contributed by atoms with E-state index in [0.29, 0.717) is 41.5 Å². The number of aliphatic hydroxyl groups is 2. The van der Waals surface area contributed by atoms with Gasteiger partial charge in [-0.3, -0.25) is 0 Å². The summed E-state index contributed by atoms with van der Waals surface area (Å²) < 4.78 is 0. The second kappa shape index (κ2) is 14.1.